The number of amidine groups is 1. The molecule has 1 aliphatic rings. The molecule has 1 fully saturated rings. The Morgan fingerprint density at radius 1 is 1.29 bits per heavy atom. The van der Waals surface area contributed by atoms with Crippen LogP contribution in [0, 0.1) is 6.92 Å². The summed E-state index contributed by atoms with van der Waals surface area (Å²) in [6.07, 6.45) is 1.22. The largest absolute Gasteiger partial charge is 0.409 e. The van der Waals surface area contributed by atoms with E-state index in [1.807, 2.05) is 19.1 Å². The topological polar surface area (TPSA) is 99.2 Å². The molecule has 0 radical (unpaired) electrons. The van der Waals surface area contributed by atoms with Crippen LogP contribution in [0.2, 0.25) is 0 Å². The lowest BCUT2D eigenvalue weighted by atomic mass is 10.1. The van der Waals surface area contributed by atoms with Gasteiger partial charge in [0.05, 0.1) is 11.9 Å². The van der Waals surface area contributed by atoms with Gasteiger partial charge in [-0.1, -0.05) is 17.3 Å². The minimum absolute atomic E-state index is 0.0549. The van der Waals surface area contributed by atoms with E-state index in [4.69, 9.17) is 10.9 Å². The van der Waals surface area contributed by atoms with Gasteiger partial charge < -0.3 is 15.8 Å². The zero-order valence-corrected chi connectivity index (χ0v) is 13.0. The molecule has 0 aromatic heterocycles. The summed E-state index contributed by atoms with van der Waals surface area (Å²) < 4.78 is 24.6. The highest BCUT2D eigenvalue weighted by Crippen LogP contribution is 2.26. The van der Waals surface area contributed by atoms with Gasteiger partial charge >= 0.3 is 0 Å². The monoisotopic (exact) mass is 312 g/mol. The maximum Gasteiger partial charge on any atom is 0.211 e. The molecule has 8 heteroatoms. The number of para-hydroxylation sites is 1. The molecule has 0 bridgehead atoms. The van der Waals surface area contributed by atoms with Crippen molar-refractivity contribution >= 4 is 21.5 Å². The number of aryl methyl sites for hydroxylation is 1. The number of piperazine rings is 1. The van der Waals surface area contributed by atoms with Gasteiger partial charge in [0, 0.05) is 31.7 Å². The van der Waals surface area contributed by atoms with E-state index in [-0.39, 0.29) is 5.84 Å². The minimum atomic E-state index is -3.15. The number of sulfonamides is 1. The Morgan fingerprint density at radius 2 is 1.90 bits per heavy atom. The second-order valence-corrected chi connectivity index (χ2v) is 7.09. The Kier molecular flexibility index (Phi) is 4.38. The van der Waals surface area contributed by atoms with Gasteiger partial charge in [-0.15, -0.1) is 0 Å². The number of nitrogens with two attached hydrogens (primary N) is 1. The lowest BCUT2D eigenvalue weighted by molar-refractivity contribution is 0.318. The fraction of sp³-hybridized carbons (Fsp3) is 0.462. The third-order valence-electron chi connectivity index (χ3n) is 3.65. The number of hydrogen-bond donors (Lipinski definition) is 2. The molecule has 0 amide bonds. The van der Waals surface area contributed by atoms with Crippen molar-refractivity contribution in [3.63, 3.8) is 0 Å². The molecule has 0 saturated carbocycles. The summed E-state index contributed by atoms with van der Waals surface area (Å²) in [5.74, 6) is 0.0549. The number of anilines is 1. The predicted octanol–water partition coefficient (Wildman–Crippen LogP) is 0.171. The predicted molar refractivity (Wildman–Crippen MR) is 82.3 cm³/mol. The summed E-state index contributed by atoms with van der Waals surface area (Å²) in [6.45, 7) is 3.96. The summed E-state index contributed by atoms with van der Waals surface area (Å²) in [4.78, 5) is 2.07. The van der Waals surface area contributed by atoms with Crippen molar-refractivity contribution < 1.29 is 13.6 Å². The van der Waals surface area contributed by atoms with Gasteiger partial charge in [0.2, 0.25) is 10.0 Å². The first kappa shape index (κ1) is 15.6. The van der Waals surface area contributed by atoms with Crippen molar-refractivity contribution in [1.29, 1.82) is 0 Å². The Labute approximate surface area is 124 Å². The van der Waals surface area contributed by atoms with Crippen LogP contribution in [0.3, 0.4) is 0 Å². The molecule has 0 aliphatic carbocycles. The van der Waals surface area contributed by atoms with E-state index in [0.717, 1.165) is 11.3 Å². The summed E-state index contributed by atoms with van der Waals surface area (Å²) in [6, 6.07) is 5.59. The van der Waals surface area contributed by atoms with E-state index >= 15 is 0 Å². The molecule has 116 valence electrons. The van der Waals surface area contributed by atoms with Crippen molar-refractivity contribution in [3.8, 4) is 0 Å². The van der Waals surface area contributed by atoms with Crippen molar-refractivity contribution in [1.82, 2.24) is 4.31 Å². The van der Waals surface area contributed by atoms with Crippen LogP contribution >= 0.6 is 0 Å². The highest BCUT2D eigenvalue weighted by Gasteiger charge is 2.25. The Morgan fingerprint density at radius 3 is 2.43 bits per heavy atom. The average molecular weight is 312 g/mol. The zero-order chi connectivity index (χ0) is 15.6. The third kappa shape index (κ3) is 3.27. The number of oxime groups is 1. The Bertz CT molecular complexity index is 649. The number of nitrogens with zero attached hydrogens (tertiary/aromatic N) is 3. The zero-order valence-electron chi connectivity index (χ0n) is 12.2. The van der Waals surface area contributed by atoms with Gasteiger partial charge in [-0.25, -0.2) is 8.42 Å². The fourth-order valence-corrected chi connectivity index (χ4v) is 3.41. The number of hydrogen-bond acceptors (Lipinski definition) is 5. The molecule has 1 saturated heterocycles. The molecular formula is C13H20N4O3S. The second-order valence-electron chi connectivity index (χ2n) is 5.11. The van der Waals surface area contributed by atoms with Crippen molar-refractivity contribution in [2.75, 3.05) is 37.3 Å². The quantitative estimate of drug-likeness (QED) is 0.359. The lowest BCUT2D eigenvalue weighted by Crippen LogP contribution is -2.49. The van der Waals surface area contributed by atoms with Gasteiger partial charge in [-0.05, 0) is 18.6 Å². The second kappa shape index (κ2) is 5.90. The Hall–Kier alpha value is -1.80. The van der Waals surface area contributed by atoms with Crippen molar-refractivity contribution in [2.24, 2.45) is 10.9 Å². The summed E-state index contributed by atoms with van der Waals surface area (Å²) in [5.41, 5.74) is 8.29. The molecule has 0 atom stereocenters. The summed E-state index contributed by atoms with van der Waals surface area (Å²) >= 11 is 0. The smallest absolute Gasteiger partial charge is 0.211 e. The van der Waals surface area contributed by atoms with Gasteiger partial charge in [-0.2, -0.15) is 4.31 Å². The molecule has 0 unspecified atom stereocenters. The maximum atomic E-state index is 11.6. The molecule has 1 aromatic carbocycles. The SMILES string of the molecule is Cc1cccc(/C(N)=N/O)c1N1CCN(S(C)(=O)=O)CC1. The molecule has 1 aliphatic heterocycles. The number of benzene rings is 1. The van der Waals surface area contributed by atoms with Crippen LogP contribution in [-0.4, -0.2) is 56.2 Å². The third-order valence-corrected chi connectivity index (χ3v) is 4.95. The van der Waals surface area contributed by atoms with Gasteiger partial charge in [0.1, 0.15) is 0 Å². The highest BCUT2D eigenvalue weighted by atomic mass is 32.2. The standard InChI is InChI=1S/C13H20N4O3S/c1-10-4-3-5-11(13(14)15-18)12(10)16-6-8-17(9-7-16)21(2,19)20/h3-5,18H,6-9H2,1-2H3,(H2,14,15). The minimum Gasteiger partial charge on any atom is -0.409 e. The van der Waals surface area contributed by atoms with Crippen LogP contribution < -0.4 is 10.6 Å². The first-order valence-electron chi connectivity index (χ1n) is 6.62. The average Bonchev–Trinajstić information content (AvgIpc) is 2.45. The summed E-state index contributed by atoms with van der Waals surface area (Å²) in [5, 5.41) is 12.0. The van der Waals surface area contributed by atoms with Crippen LogP contribution in [0.4, 0.5) is 5.69 Å². The Balaban J connectivity index is 2.29. The lowest BCUT2D eigenvalue weighted by Gasteiger charge is -2.36. The molecule has 21 heavy (non-hydrogen) atoms. The van der Waals surface area contributed by atoms with Crippen LogP contribution in [0.5, 0.6) is 0 Å². The summed E-state index contributed by atoms with van der Waals surface area (Å²) in [7, 11) is -3.15. The molecule has 7 nitrogen and oxygen atoms in total. The molecule has 0 spiro atoms. The highest BCUT2D eigenvalue weighted by molar-refractivity contribution is 7.88. The maximum absolute atomic E-state index is 11.6. The van der Waals surface area contributed by atoms with Gasteiger partial charge in [0.25, 0.3) is 0 Å². The van der Waals surface area contributed by atoms with Crippen LogP contribution in [-0.2, 0) is 10.0 Å². The van der Waals surface area contributed by atoms with Crippen LogP contribution in [0.15, 0.2) is 23.4 Å². The van der Waals surface area contributed by atoms with Crippen molar-refractivity contribution in [3.05, 3.63) is 29.3 Å². The van der Waals surface area contributed by atoms with E-state index in [0.29, 0.717) is 31.7 Å². The van der Waals surface area contributed by atoms with E-state index in [1.165, 1.54) is 10.6 Å². The van der Waals surface area contributed by atoms with E-state index in [9.17, 15) is 8.42 Å². The van der Waals surface area contributed by atoms with Crippen LogP contribution in [0.25, 0.3) is 0 Å². The van der Waals surface area contributed by atoms with E-state index < -0.39 is 10.0 Å². The van der Waals surface area contributed by atoms with Crippen molar-refractivity contribution in [2.45, 2.75) is 6.92 Å². The normalized spacial score (nSPS) is 18.0. The molecule has 2 rings (SSSR count). The van der Waals surface area contributed by atoms with Gasteiger partial charge in [-0.3, -0.25) is 0 Å². The first-order chi connectivity index (χ1) is 9.84. The molecular weight excluding hydrogens is 292 g/mol. The number of rotatable bonds is 3. The van der Waals surface area contributed by atoms with Crippen LogP contribution in [0.1, 0.15) is 11.1 Å². The van der Waals surface area contributed by atoms with E-state index in [2.05, 4.69) is 10.1 Å². The van der Waals surface area contributed by atoms with Gasteiger partial charge in [0.15, 0.2) is 5.84 Å². The molecule has 1 heterocycles. The fourth-order valence-electron chi connectivity index (χ4n) is 2.58. The first-order valence-corrected chi connectivity index (χ1v) is 8.47. The molecule has 3 N–H and O–H groups in total. The molecule has 1 aromatic rings. The van der Waals surface area contributed by atoms with E-state index in [1.54, 1.807) is 6.07 Å².